The van der Waals surface area contributed by atoms with Crippen molar-refractivity contribution in [3.05, 3.63) is 66.2 Å². The predicted octanol–water partition coefficient (Wildman–Crippen LogP) is 3.61. The minimum Gasteiger partial charge on any atom is -0.444 e. The normalized spacial score (nSPS) is 10.1. The summed E-state index contributed by atoms with van der Waals surface area (Å²) < 4.78 is 6.71. The van der Waals surface area contributed by atoms with E-state index in [-0.39, 0.29) is 19.0 Å². The number of carbonyl (C=O) groups excluding carboxylic acids is 1. The van der Waals surface area contributed by atoms with Gasteiger partial charge in [0.1, 0.15) is 6.61 Å². The predicted molar refractivity (Wildman–Crippen MR) is 95.9 cm³/mol. The van der Waals surface area contributed by atoms with E-state index in [9.17, 15) is 4.79 Å². The molecule has 0 bridgehead atoms. The summed E-state index contributed by atoms with van der Waals surface area (Å²) in [6.07, 6.45) is -0.371. The Morgan fingerprint density at radius 3 is 2.50 bits per heavy atom. The summed E-state index contributed by atoms with van der Waals surface area (Å²) in [5.41, 5.74) is 1.71. The Kier molecular flexibility index (Phi) is 5.58. The Labute approximate surface area is 150 Å². The highest BCUT2D eigenvalue weighted by Gasteiger charge is 2.14. The second-order valence-electron chi connectivity index (χ2n) is 5.44. The van der Waals surface area contributed by atoms with E-state index in [1.54, 1.807) is 0 Å². The van der Waals surface area contributed by atoms with Crippen LogP contribution in [0.1, 0.15) is 12.0 Å². The van der Waals surface area contributed by atoms with Gasteiger partial charge in [0.15, 0.2) is 5.82 Å². The highest BCUT2D eigenvalue weighted by molar-refractivity contribution is 5.82. The first-order valence-corrected chi connectivity index (χ1v) is 8.11. The highest BCUT2D eigenvalue weighted by atomic mass is 16.5. The first kappa shape index (κ1) is 17.2. The van der Waals surface area contributed by atoms with Crippen LogP contribution in [0.15, 0.2) is 60.7 Å². The Bertz CT molecular complexity index is 901. The SMILES string of the molecule is N#CCCn1nc(-c2ccccc2)nc1NC(=O)OCc1ccccc1. The lowest BCUT2D eigenvalue weighted by atomic mass is 10.2. The number of nitrogens with zero attached hydrogens (tertiary/aromatic N) is 4. The molecule has 3 rings (SSSR count). The molecular formula is C19H17N5O2. The molecule has 26 heavy (non-hydrogen) atoms. The standard InChI is InChI=1S/C19H17N5O2/c20-12-7-13-24-18(21-17(23-24)16-10-5-2-6-11-16)22-19(25)26-14-15-8-3-1-4-9-15/h1-6,8-11H,7,13-14H2,(H,21,22,23,25). The van der Waals surface area contributed by atoms with Crippen molar-refractivity contribution >= 4 is 12.0 Å². The van der Waals surface area contributed by atoms with Crippen LogP contribution in [-0.4, -0.2) is 20.9 Å². The van der Waals surface area contributed by atoms with Crippen molar-refractivity contribution in [2.24, 2.45) is 0 Å². The number of ether oxygens (including phenoxy) is 1. The maximum absolute atomic E-state index is 12.1. The Morgan fingerprint density at radius 2 is 1.81 bits per heavy atom. The van der Waals surface area contributed by atoms with Gasteiger partial charge in [0.2, 0.25) is 5.95 Å². The van der Waals surface area contributed by atoms with Gasteiger partial charge in [0, 0.05) is 5.56 Å². The van der Waals surface area contributed by atoms with Gasteiger partial charge in [-0.15, -0.1) is 5.10 Å². The van der Waals surface area contributed by atoms with Crippen LogP contribution in [0.5, 0.6) is 0 Å². The molecule has 1 aromatic heterocycles. The molecule has 1 N–H and O–H groups in total. The number of aromatic nitrogens is 3. The van der Waals surface area contributed by atoms with E-state index < -0.39 is 6.09 Å². The van der Waals surface area contributed by atoms with Crippen LogP contribution in [0, 0.1) is 11.3 Å². The van der Waals surface area contributed by atoms with Crippen LogP contribution in [0.2, 0.25) is 0 Å². The fraction of sp³-hybridized carbons (Fsp3) is 0.158. The van der Waals surface area contributed by atoms with Crippen LogP contribution in [0.3, 0.4) is 0 Å². The number of hydrogen-bond acceptors (Lipinski definition) is 5. The molecule has 1 amide bonds. The average Bonchev–Trinajstić information content (AvgIpc) is 3.09. The number of amides is 1. The van der Waals surface area contributed by atoms with E-state index in [2.05, 4.69) is 21.5 Å². The average molecular weight is 347 g/mol. The number of nitriles is 1. The smallest absolute Gasteiger partial charge is 0.414 e. The largest absolute Gasteiger partial charge is 0.444 e. The first-order chi connectivity index (χ1) is 12.8. The topological polar surface area (TPSA) is 92.8 Å². The summed E-state index contributed by atoms with van der Waals surface area (Å²) in [6, 6.07) is 20.9. The summed E-state index contributed by atoms with van der Waals surface area (Å²) in [5.74, 6) is 0.721. The summed E-state index contributed by atoms with van der Waals surface area (Å²) in [6.45, 7) is 0.481. The number of anilines is 1. The highest BCUT2D eigenvalue weighted by Crippen LogP contribution is 2.18. The third kappa shape index (κ3) is 4.45. The molecule has 0 saturated carbocycles. The molecule has 7 nitrogen and oxygen atoms in total. The molecule has 0 atom stereocenters. The lowest BCUT2D eigenvalue weighted by molar-refractivity contribution is 0.154. The zero-order chi connectivity index (χ0) is 18.2. The molecule has 0 unspecified atom stereocenters. The van der Waals surface area contributed by atoms with Gasteiger partial charge in [-0.05, 0) is 5.56 Å². The van der Waals surface area contributed by atoms with Gasteiger partial charge in [-0.25, -0.2) is 9.48 Å². The lowest BCUT2D eigenvalue weighted by Crippen LogP contribution is -2.17. The molecular weight excluding hydrogens is 330 g/mol. The van der Waals surface area contributed by atoms with Crippen molar-refractivity contribution < 1.29 is 9.53 Å². The number of benzene rings is 2. The number of rotatable bonds is 6. The van der Waals surface area contributed by atoms with Gasteiger partial charge in [-0.1, -0.05) is 60.7 Å². The number of aryl methyl sites for hydroxylation is 1. The van der Waals surface area contributed by atoms with Gasteiger partial charge < -0.3 is 4.74 Å². The molecule has 7 heteroatoms. The van der Waals surface area contributed by atoms with Crippen molar-refractivity contribution in [2.75, 3.05) is 5.32 Å². The van der Waals surface area contributed by atoms with E-state index in [4.69, 9.17) is 10.00 Å². The summed E-state index contributed by atoms with van der Waals surface area (Å²) in [5, 5.41) is 15.8. The fourth-order valence-electron chi connectivity index (χ4n) is 2.31. The van der Waals surface area contributed by atoms with Gasteiger partial charge in [-0.3, -0.25) is 5.32 Å². The summed E-state index contributed by atoms with van der Waals surface area (Å²) >= 11 is 0. The van der Waals surface area contributed by atoms with E-state index in [0.717, 1.165) is 11.1 Å². The van der Waals surface area contributed by atoms with Crippen molar-refractivity contribution in [3.8, 4) is 17.5 Å². The molecule has 0 radical (unpaired) electrons. The molecule has 2 aromatic carbocycles. The van der Waals surface area contributed by atoms with Gasteiger partial charge in [0.25, 0.3) is 0 Å². The first-order valence-electron chi connectivity index (χ1n) is 8.11. The van der Waals surface area contributed by atoms with Crippen molar-refractivity contribution in [1.82, 2.24) is 14.8 Å². The number of carbonyl (C=O) groups is 1. The van der Waals surface area contributed by atoms with Gasteiger partial charge in [0.05, 0.1) is 19.0 Å². The summed E-state index contributed by atoms with van der Waals surface area (Å²) in [4.78, 5) is 16.4. The van der Waals surface area contributed by atoms with E-state index in [0.29, 0.717) is 12.4 Å². The molecule has 0 aliphatic heterocycles. The van der Waals surface area contributed by atoms with E-state index in [1.807, 2.05) is 60.7 Å². The molecule has 130 valence electrons. The minimum absolute atomic E-state index is 0.157. The second-order valence-corrected chi connectivity index (χ2v) is 5.44. The van der Waals surface area contributed by atoms with Crippen LogP contribution in [0.4, 0.5) is 10.7 Å². The molecule has 0 saturated heterocycles. The molecule has 3 aromatic rings. The molecule has 0 aliphatic carbocycles. The van der Waals surface area contributed by atoms with Crippen molar-refractivity contribution in [2.45, 2.75) is 19.6 Å². The van der Waals surface area contributed by atoms with Crippen LogP contribution in [0.25, 0.3) is 11.4 Å². The van der Waals surface area contributed by atoms with Crippen LogP contribution in [-0.2, 0) is 17.9 Å². The van der Waals surface area contributed by atoms with Crippen LogP contribution < -0.4 is 5.32 Å². The number of hydrogen-bond donors (Lipinski definition) is 1. The third-order valence-corrected chi connectivity index (χ3v) is 3.57. The lowest BCUT2D eigenvalue weighted by Gasteiger charge is -2.07. The minimum atomic E-state index is -0.626. The summed E-state index contributed by atoms with van der Waals surface area (Å²) in [7, 11) is 0. The number of nitrogens with one attached hydrogen (secondary N) is 1. The van der Waals surface area contributed by atoms with E-state index >= 15 is 0 Å². The molecule has 0 fully saturated rings. The monoisotopic (exact) mass is 347 g/mol. The van der Waals surface area contributed by atoms with Gasteiger partial charge >= 0.3 is 6.09 Å². The van der Waals surface area contributed by atoms with Gasteiger partial charge in [-0.2, -0.15) is 10.2 Å². The molecule has 0 spiro atoms. The third-order valence-electron chi connectivity index (χ3n) is 3.57. The maximum atomic E-state index is 12.1. The van der Waals surface area contributed by atoms with Crippen molar-refractivity contribution in [3.63, 3.8) is 0 Å². The maximum Gasteiger partial charge on any atom is 0.414 e. The fourth-order valence-corrected chi connectivity index (χ4v) is 2.31. The van der Waals surface area contributed by atoms with Crippen LogP contribution >= 0.6 is 0 Å². The zero-order valence-corrected chi connectivity index (χ0v) is 14.0. The van der Waals surface area contributed by atoms with E-state index in [1.165, 1.54) is 4.68 Å². The van der Waals surface area contributed by atoms with Crippen molar-refractivity contribution in [1.29, 1.82) is 5.26 Å². The quantitative estimate of drug-likeness (QED) is 0.735. The second kappa shape index (κ2) is 8.44. The molecule has 0 aliphatic rings. The Morgan fingerprint density at radius 1 is 1.12 bits per heavy atom. The zero-order valence-electron chi connectivity index (χ0n) is 14.0. The Hall–Kier alpha value is -3.66. The molecule has 1 heterocycles. The Balaban J connectivity index is 1.71.